The number of rotatable bonds is 3. The molecule has 0 radical (unpaired) electrons. The van der Waals surface area contributed by atoms with Crippen LogP contribution < -0.4 is 27.0 Å². The van der Waals surface area contributed by atoms with Gasteiger partial charge in [0.2, 0.25) is 5.91 Å². The van der Waals surface area contributed by atoms with Crippen LogP contribution in [-0.4, -0.2) is 43.3 Å². The van der Waals surface area contributed by atoms with Gasteiger partial charge in [0.1, 0.15) is 0 Å². The monoisotopic (exact) mass is 344 g/mol. The molecule has 4 rings (SSSR count). The molecule has 3 aliphatic heterocycles. The smallest absolute Gasteiger partial charge is 0.224 e. The third-order valence-corrected chi connectivity index (χ3v) is 5.76. The van der Waals surface area contributed by atoms with Crippen molar-refractivity contribution in [2.75, 3.05) is 20.1 Å². The maximum absolute atomic E-state index is 12.7. The zero-order chi connectivity index (χ0) is 17.2. The second-order valence-electron chi connectivity index (χ2n) is 7.48. The normalized spacial score (nSPS) is 33.8. The standard InChI is InChI=1S/C18H28N6O/c1-24-9-7-13(8-10-24)18(25)19-16-14-11-15(12-5-3-2-4-6-12)20-22-17(14)23-21-16/h2-6,13-17,20-23H,7-11H2,1H3,(H,19,25). The molecule has 0 bridgehead atoms. The zero-order valence-corrected chi connectivity index (χ0v) is 14.7. The van der Waals surface area contributed by atoms with Gasteiger partial charge in [-0.2, -0.15) is 0 Å². The van der Waals surface area contributed by atoms with E-state index in [1.165, 1.54) is 5.56 Å². The first kappa shape index (κ1) is 16.9. The molecule has 4 atom stereocenters. The number of hydrazine groups is 2. The van der Waals surface area contributed by atoms with E-state index in [1.54, 1.807) is 0 Å². The molecule has 3 saturated heterocycles. The fourth-order valence-corrected chi connectivity index (χ4v) is 4.11. The number of carbonyl (C=O) groups excluding carboxylic acids is 1. The van der Waals surface area contributed by atoms with Crippen LogP contribution in [0.2, 0.25) is 0 Å². The maximum atomic E-state index is 12.7. The second kappa shape index (κ2) is 7.39. The highest BCUT2D eigenvalue weighted by molar-refractivity contribution is 5.79. The van der Waals surface area contributed by atoms with Gasteiger partial charge < -0.3 is 10.2 Å². The van der Waals surface area contributed by atoms with Crippen LogP contribution in [0.4, 0.5) is 0 Å². The first-order valence-corrected chi connectivity index (χ1v) is 9.26. The number of fused-ring (bicyclic) bond motifs is 1. The van der Waals surface area contributed by atoms with Crippen LogP contribution in [0.1, 0.15) is 30.9 Å². The fraction of sp³-hybridized carbons (Fsp3) is 0.611. The van der Waals surface area contributed by atoms with Crippen LogP contribution in [0.3, 0.4) is 0 Å². The van der Waals surface area contributed by atoms with Gasteiger partial charge in [0.25, 0.3) is 0 Å². The van der Waals surface area contributed by atoms with E-state index in [9.17, 15) is 4.79 Å². The van der Waals surface area contributed by atoms with Crippen molar-refractivity contribution in [3.05, 3.63) is 35.9 Å². The maximum Gasteiger partial charge on any atom is 0.224 e. The van der Waals surface area contributed by atoms with Gasteiger partial charge >= 0.3 is 0 Å². The van der Waals surface area contributed by atoms with Crippen LogP contribution in [0.5, 0.6) is 0 Å². The number of carbonyl (C=O) groups is 1. The summed E-state index contributed by atoms with van der Waals surface area (Å²) < 4.78 is 0. The van der Waals surface area contributed by atoms with Crippen molar-refractivity contribution < 1.29 is 4.79 Å². The molecular weight excluding hydrogens is 316 g/mol. The molecule has 0 saturated carbocycles. The molecule has 5 N–H and O–H groups in total. The lowest BCUT2D eigenvalue weighted by Crippen LogP contribution is -2.57. The van der Waals surface area contributed by atoms with Crippen LogP contribution in [0.15, 0.2) is 30.3 Å². The van der Waals surface area contributed by atoms with Gasteiger partial charge in [-0.1, -0.05) is 30.3 Å². The first-order chi connectivity index (χ1) is 12.2. The predicted octanol–water partition coefficient (Wildman–Crippen LogP) is 0.0598. The minimum Gasteiger partial charge on any atom is -0.339 e. The third-order valence-electron chi connectivity index (χ3n) is 5.76. The molecule has 0 aromatic heterocycles. The first-order valence-electron chi connectivity index (χ1n) is 9.26. The highest BCUT2D eigenvalue weighted by Gasteiger charge is 2.42. The number of piperidine rings is 1. The van der Waals surface area contributed by atoms with Crippen molar-refractivity contribution in [3.63, 3.8) is 0 Å². The van der Waals surface area contributed by atoms with Crippen molar-refractivity contribution in [2.24, 2.45) is 11.8 Å². The number of nitrogens with zero attached hydrogens (tertiary/aromatic N) is 1. The molecule has 136 valence electrons. The van der Waals surface area contributed by atoms with Gasteiger partial charge in [-0.15, -0.1) is 0 Å². The van der Waals surface area contributed by atoms with E-state index in [2.05, 4.69) is 63.2 Å². The molecule has 7 nitrogen and oxygen atoms in total. The van der Waals surface area contributed by atoms with Gasteiger partial charge in [-0.05, 0) is 45.0 Å². The summed E-state index contributed by atoms with van der Waals surface area (Å²) in [5.74, 6) is 0.612. The van der Waals surface area contributed by atoms with Crippen LogP contribution in [-0.2, 0) is 4.79 Å². The Kier molecular flexibility index (Phi) is 5.00. The Balaban J connectivity index is 1.37. The Labute approximate surface area is 148 Å². The van der Waals surface area contributed by atoms with Gasteiger partial charge in [-0.3, -0.25) is 4.79 Å². The zero-order valence-electron chi connectivity index (χ0n) is 14.7. The number of benzene rings is 1. The summed E-state index contributed by atoms with van der Waals surface area (Å²) in [7, 11) is 2.12. The molecule has 25 heavy (non-hydrogen) atoms. The van der Waals surface area contributed by atoms with E-state index in [0.717, 1.165) is 32.4 Å². The van der Waals surface area contributed by atoms with E-state index in [0.29, 0.717) is 5.92 Å². The average Bonchev–Trinajstić information content (AvgIpc) is 3.05. The number of hydrogen-bond donors (Lipinski definition) is 5. The molecule has 3 heterocycles. The molecule has 0 aliphatic carbocycles. The minimum atomic E-state index is -0.0435. The highest BCUT2D eigenvalue weighted by Crippen LogP contribution is 2.29. The molecular formula is C18H28N6O. The van der Waals surface area contributed by atoms with Crippen LogP contribution in [0.25, 0.3) is 0 Å². The van der Waals surface area contributed by atoms with Gasteiger partial charge in [0.15, 0.2) is 0 Å². The van der Waals surface area contributed by atoms with E-state index in [-0.39, 0.29) is 30.2 Å². The van der Waals surface area contributed by atoms with Gasteiger partial charge in [-0.25, -0.2) is 21.7 Å². The number of nitrogens with one attached hydrogen (secondary N) is 5. The molecule has 1 amide bonds. The molecule has 3 aliphatic rings. The summed E-state index contributed by atoms with van der Waals surface area (Å²) in [4.78, 5) is 14.9. The van der Waals surface area contributed by atoms with Gasteiger partial charge in [0, 0.05) is 17.9 Å². The fourth-order valence-electron chi connectivity index (χ4n) is 4.11. The van der Waals surface area contributed by atoms with Gasteiger partial charge in [0.05, 0.1) is 12.3 Å². The Bertz CT molecular complexity index is 588. The van der Waals surface area contributed by atoms with E-state index < -0.39 is 0 Å². The predicted molar refractivity (Wildman–Crippen MR) is 95.8 cm³/mol. The molecule has 1 aromatic carbocycles. The molecule has 1 aromatic rings. The van der Waals surface area contributed by atoms with Crippen molar-refractivity contribution in [1.29, 1.82) is 0 Å². The quantitative estimate of drug-likeness (QED) is 0.534. The summed E-state index contributed by atoms with van der Waals surface area (Å²) in [5.41, 5.74) is 14.5. The molecule has 0 spiro atoms. The molecule has 7 heteroatoms. The highest BCUT2D eigenvalue weighted by atomic mass is 16.2. The summed E-state index contributed by atoms with van der Waals surface area (Å²) in [6, 6.07) is 10.7. The van der Waals surface area contributed by atoms with Crippen LogP contribution >= 0.6 is 0 Å². The Morgan fingerprint density at radius 2 is 1.80 bits per heavy atom. The second-order valence-corrected chi connectivity index (χ2v) is 7.48. The molecule has 4 unspecified atom stereocenters. The van der Waals surface area contributed by atoms with E-state index >= 15 is 0 Å². The summed E-state index contributed by atoms with van der Waals surface area (Å²) in [6.45, 7) is 2.00. The largest absolute Gasteiger partial charge is 0.339 e. The van der Waals surface area contributed by atoms with E-state index in [1.807, 2.05) is 6.07 Å². The summed E-state index contributed by atoms with van der Waals surface area (Å²) in [5, 5.41) is 3.24. The topological polar surface area (TPSA) is 80.5 Å². The summed E-state index contributed by atoms with van der Waals surface area (Å²) in [6.07, 6.45) is 2.92. The Hall–Kier alpha value is -1.51. The number of likely N-dealkylation sites (tertiary alicyclic amines) is 1. The van der Waals surface area contributed by atoms with Crippen LogP contribution in [0, 0.1) is 11.8 Å². The SMILES string of the molecule is CN1CCC(C(=O)NC2NNC3NNC(c4ccccc4)CC32)CC1. The number of hydrogen-bond acceptors (Lipinski definition) is 6. The van der Waals surface area contributed by atoms with Crippen molar-refractivity contribution in [1.82, 2.24) is 31.9 Å². The lowest BCUT2D eigenvalue weighted by atomic mass is 9.89. The lowest BCUT2D eigenvalue weighted by molar-refractivity contribution is -0.127. The average molecular weight is 344 g/mol. The minimum absolute atomic E-state index is 0.0435. The van der Waals surface area contributed by atoms with Crippen molar-refractivity contribution in [3.8, 4) is 0 Å². The third kappa shape index (κ3) is 3.70. The van der Waals surface area contributed by atoms with E-state index in [4.69, 9.17) is 0 Å². The van der Waals surface area contributed by atoms with Crippen molar-refractivity contribution >= 4 is 5.91 Å². The number of amides is 1. The Morgan fingerprint density at radius 3 is 2.56 bits per heavy atom. The summed E-state index contributed by atoms with van der Waals surface area (Å²) >= 11 is 0. The molecule has 3 fully saturated rings. The Morgan fingerprint density at radius 1 is 1.08 bits per heavy atom. The lowest BCUT2D eigenvalue weighted by Gasteiger charge is -2.36. The van der Waals surface area contributed by atoms with Crippen molar-refractivity contribution in [2.45, 2.75) is 37.6 Å².